The van der Waals surface area contributed by atoms with Gasteiger partial charge in [-0.05, 0) is 23.8 Å². The molecule has 102 valence electrons. The minimum absolute atomic E-state index is 0.0815. The van der Waals surface area contributed by atoms with Gasteiger partial charge in [-0.1, -0.05) is 27.5 Å². The van der Waals surface area contributed by atoms with Crippen molar-refractivity contribution < 1.29 is 8.42 Å². The molecule has 0 saturated carbocycles. The number of sulfonamides is 1. The van der Waals surface area contributed by atoms with E-state index < -0.39 is 10.0 Å². The molecule has 1 aromatic rings. The minimum Gasteiger partial charge on any atom is -0.312 e. The second-order valence-electron chi connectivity index (χ2n) is 4.01. The molecule has 0 unspecified atom stereocenters. The first kappa shape index (κ1) is 15.9. The van der Waals surface area contributed by atoms with Crippen LogP contribution in [0.2, 0.25) is 5.02 Å². The monoisotopic (exact) mass is 354 g/mol. The van der Waals surface area contributed by atoms with Gasteiger partial charge in [-0.25, -0.2) is 12.7 Å². The Hall–Kier alpha value is -0.140. The first-order chi connectivity index (χ1) is 8.33. The van der Waals surface area contributed by atoms with Crippen molar-refractivity contribution in [2.75, 3.05) is 26.4 Å². The maximum atomic E-state index is 11.5. The van der Waals surface area contributed by atoms with Gasteiger partial charge in [0, 0.05) is 36.7 Å². The highest BCUT2D eigenvalue weighted by Crippen LogP contribution is 2.20. The smallest absolute Gasteiger partial charge is 0.214 e. The van der Waals surface area contributed by atoms with Gasteiger partial charge in [0.05, 0.1) is 5.75 Å². The molecule has 1 N–H and O–H groups in total. The summed E-state index contributed by atoms with van der Waals surface area (Å²) in [6, 6.07) is 5.51. The lowest BCUT2D eigenvalue weighted by Crippen LogP contribution is -2.31. The number of rotatable bonds is 6. The molecule has 0 atom stereocenters. The second-order valence-corrected chi connectivity index (χ2v) is 7.60. The molecule has 0 aliphatic heterocycles. The SMILES string of the molecule is CN(C)S(=O)(=O)CCNCc1cc(Cl)ccc1Br. The molecular weight excluding hydrogens is 340 g/mol. The van der Waals surface area contributed by atoms with Gasteiger partial charge >= 0.3 is 0 Å². The van der Waals surface area contributed by atoms with Crippen LogP contribution in [0.3, 0.4) is 0 Å². The van der Waals surface area contributed by atoms with Crippen LogP contribution in [-0.2, 0) is 16.6 Å². The molecule has 4 nitrogen and oxygen atoms in total. The summed E-state index contributed by atoms with van der Waals surface area (Å²) in [5.41, 5.74) is 1.00. The third kappa shape index (κ3) is 4.85. The van der Waals surface area contributed by atoms with Crippen molar-refractivity contribution in [3.8, 4) is 0 Å². The van der Waals surface area contributed by atoms with E-state index in [1.54, 1.807) is 6.07 Å². The first-order valence-corrected chi connectivity index (χ1v) is 8.16. The van der Waals surface area contributed by atoms with Crippen molar-refractivity contribution in [3.05, 3.63) is 33.3 Å². The van der Waals surface area contributed by atoms with Crippen LogP contribution in [-0.4, -0.2) is 39.1 Å². The molecule has 0 amide bonds. The van der Waals surface area contributed by atoms with Crippen LogP contribution in [0, 0.1) is 0 Å². The van der Waals surface area contributed by atoms with E-state index in [4.69, 9.17) is 11.6 Å². The van der Waals surface area contributed by atoms with Crippen molar-refractivity contribution in [1.82, 2.24) is 9.62 Å². The average molecular weight is 356 g/mol. The summed E-state index contributed by atoms with van der Waals surface area (Å²) in [6.07, 6.45) is 0. The summed E-state index contributed by atoms with van der Waals surface area (Å²) in [4.78, 5) is 0. The van der Waals surface area contributed by atoms with Crippen LogP contribution < -0.4 is 5.32 Å². The van der Waals surface area contributed by atoms with E-state index in [1.807, 2.05) is 12.1 Å². The second kappa shape index (κ2) is 6.86. The fourth-order valence-electron chi connectivity index (χ4n) is 1.29. The lowest BCUT2D eigenvalue weighted by molar-refractivity contribution is 0.517. The summed E-state index contributed by atoms with van der Waals surface area (Å²) in [5.74, 6) is 0.0815. The molecule has 1 aromatic carbocycles. The average Bonchev–Trinajstić information content (AvgIpc) is 2.28. The molecule has 0 heterocycles. The van der Waals surface area contributed by atoms with E-state index in [9.17, 15) is 8.42 Å². The quantitative estimate of drug-likeness (QED) is 0.795. The van der Waals surface area contributed by atoms with E-state index in [0.717, 1.165) is 10.0 Å². The Morgan fingerprint density at radius 2 is 2.06 bits per heavy atom. The Labute approximate surface area is 121 Å². The molecule has 0 spiro atoms. The molecule has 0 fully saturated rings. The van der Waals surface area contributed by atoms with Gasteiger partial charge in [0.1, 0.15) is 0 Å². The Balaban J connectivity index is 2.46. The molecule has 0 bridgehead atoms. The highest BCUT2D eigenvalue weighted by Gasteiger charge is 2.12. The van der Waals surface area contributed by atoms with Crippen molar-refractivity contribution in [2.45, 2.75) is 6.54 Å². The van der Waals surface area contributed by atoms with Gasteiger partial charge in [-0.2, -0.15) is 0 Å². The normalized spacial score (nSPS) is 12.1. The topological polar surface area (TPSA) is 49.4 Å². The maximum absolute atomic E-state index is 11.5. The van der Waals surface area contributed by atoms with E-state index in [2.05, 4.69) is 21.2 Å². The number of halogens is 2. The maximum Gasteiger partial charge on any atom is 0.214 e. The zero-order chi connectivity index (χ0) is 13.8. The Morgan fingerprint density at radius 3 is 2.67 bits per heavy atom. The molecule has 18 heavy (non-hydrogen) atoms. The number of hydrogen-bond donors (Lipinski definition) is 1. The van der Waals surface area contributed by atoms with Crippen LogP contribution in [0.25, 0.3) is 0 Å². The number of benzene rings is 1. The molecule has 0 aromatic heterocycles. The number of hydrogen-bond acceptors (Lipinski definition) is 3. The third-order valence-electron chi connectivity index (χ3n) is 2.42. The predicted octanol–water partition coefficient (Wildman–Crippen LogP) is 2.08. The summed E-state index contributed by atoms with van der Waals surface area (Å²) < 4.78 is 25.2. The van der Waals surface area contributed by atoms with Crippen LogP contribution in [0.4, 0.5) is 0 Å². The van der Waals surface area contributed by atoms with Gasteiger partial charge in [-0.15, -0.1) is 0 Å². The lowest BCUT2D eigenvalue weighted by atomic mass is 10.2. The molecular formula is C11H16BrClN2O2S. The largest absolute Gasteiger partial charge is 0.312 e. The van der Waals surface area contributed by atoms with Crippen molar-refractivity contribution in [2.24, 2.45) is 0 Å². The van der Waals surface area contributed by atoms with Crippen molar-refractivity contribution in [3.63, 3.8) is 0 Å². The van der Waals surface area contributed by atoms with Gasteiger partial charge in [0.2, 0.25) is 10.0 Å². The van der Waals surface area contributed by atoms with Gasteiger partial charge in [0.25, 0.3) is 0 Å². The van der Waals surface area contributed by atoms with Crippen LogP contribution in [0.1, 0.15) is 5.56 Å². The summed E-state index contributed by atoms with van der Waals surface area (Å²) in [5, 5.41) is 3.75. The fraction of sp³-hybridized carbons (Fsp3) is 0.455. The molecule has 7 heteroatoms. The summed E-state index contributed by atoms with van der Waals surface area (Å²) in [6.45, 7) is 0.976. The van der Waals surface area contributed by atoms with E-state index in [1.165, 1.54) is 18.4 Å². The highest BCUT2D eigenvalue weighted by molar-refractivity contribution is 9.10. The zero-order valence-electron chi connectivity index (χ0n) is 10.3. The van der Waals surface area contributed by atoms with Gasteiger partial charge < -0.3 is 5.32 Å². The fourth-order valence-corrected chi connectivity index (χ4v) is 2.63. The van der Waals surface area contributed by atoms with Crippen molar-refractivity contribution >= 4 is 37.6 Å². The Bertz CT molecular complexity index is 506. The summed E-state index contributed by atoms with van der Waals surface area (Å²) in [7, 11) is -0.0766. The standard InChI is InChI=1S/C11H16BrClN2O2S/c1-15(2)18(16,17)6-5-14-8-9-7-10(13)3-4-11(9)12/h3-4,7,14H,5-6,8H2,1-2H3. The Kier molecular flexibility index (Phi) is 6.07. The number of nitrogens with zero attached hydrogens (tertiary/aromatic N) is 1. The van der Waals surface area contributed by atoms with Gasteiger partial charge in [-0.3, -0.25) is 0 Å². The van der Waals surface area contributed by atoms with Gasteiger partial charge in [0.15, 0.2) is 0 Å². The summed E-state index contributed by atoms with van der Waals surface area (Å²) >= 11 is 9.31. The minimum atomic E-state index is -3.14. The molecule has 0 radical (unpaired) electrons. The van der Waals surface area contributed by atoms with Crippen LogP contribution >= 0.6 is 27.5 Å². The predicted molar refractivity (Wildman–Crippen MR) is 78.3 cm³/mol. The molecule has 1 rings (SSSR count). The Morgan fingerprint density at radius 1 is 1.39 bits per heavy atom. The number of nitrogens with one attached hydrogen (secondary N) is 1. The first-order valence-electron chi connectivity index (χ1n) is 5.38. The third-order valence-corrected chi connectivity index (χ3v) is 5.26. The van der Waals surface area contributed by atoms with Crippen LogP contribution in [0.15, 0.2) is 22.7 Å². The zero-order valence-corrected chi connectivity index (χ0v) is 13.4. The van der Waals surface area contributed by atoms with E-state index in [0.29, 0.717) is 18.1 Å². The van der Waals surface area contributed by atoms with Crippen molar-refractivity contribution in [1.29, 1.82) is 0 Å². The molecule has 0 aliphatic rings. The lowest BCUT2D eigenvalue weighted by Gasteiger charge is -2.12. The highest BCUT2D eigenvalue weighted by atomic mass is 79.9. The van der Waals surface area contributed by atoms with Crippen LogP contribution in [0.5, 0.6) is 0 Å². The van der Waals surface area contributed by atoms with E-state index >= 15 is 0 Å². The molecule has 0 aliphatic carbocycles. The van der Waals surface area contributed by atoms with E-state index in [-0.39, 0.29) is 5.75 Å². The molecule has 0 saturated heterocycles.